The molecule has 0 amide bonds. The molecule has 0 saturated carbocycles. The van der Waals surface area contributed by atoms with Crippen LogP contribution in [-0.4, -0.2) is 23.8 Å². The second kappa shape index (κ2) is 7.61. The average Bonchev–Trinajstić information content (AvgIpc) is 2.45. The fraction of sp³-hybridized carbons (Fsp3) is 0.333. The predicted octanol–water partition coefficient (Wildman–Crippen LogP) is 4.61. The zero-order valence-electron chi connectivity index (χ0n) is 12.2. The summed E-state index contributed by atoms with van der Waals surface area (Å²) in [5.74, 6) is 0.533. The molecule has 2 aromatic rings. The summed E-state index contributed by atoms with van der Waals surface area (Å²) in [5.41, 5.74) is 4.12. The molecule has 0 aliphatic rings. The van der Waals surface area contributed by atoms with Gasteiger partial charge in [-0.2, -0.15) is 0 Å². The van der Waals surface area contributed by atoms with Crippen molar-refractivity contribution in [3.8, 4) is 0 Å². The standard InChI is InChI=1S/C18H22BrN/c1-15-7-6-8-16(11-15)13-20(2)14-18(12-19)17-9-4-3-5-10-17/h3-11,18H,12-14H2,1-2H3. The van der Waals surface area contributed by atoms with Crippen LogP contribution in [-0.2, 0) is 6.54 Å². The smallest absolute Gasteiger partial charge is 0.0231 e. The van der Waals surface area contributed by atoms with Gasteiger partial charge in [0.2, 0.25) is 0 Å². The largest absolute Gasteiger partial charge is 0.301 e. The van der Waals surface area contributed by atoms with Crippen LogP contribution in [0.1, 0.15) is 22.6 Å². The van der Waals surface area contributed by atoms with E-state index >= 15 is 0 Å². The van der Waals surface area contributed by atoms with Crippen LogP contribution in [0.5, 0.6) is 0 Å². The van der Waals surface area contributed by atoms with E-state index in [0.717, 1.165) is 18.4 Å². The Morgan fingerprint density at radius 1 is 1.05 bits per heavy atom. The summed E-state index contributed by atoms with van der Waals surface area (Å²) in [6.07, 6.45) is 0. The summed E-state index contributed by atoms with van der Waals surface area (Å²) in [7, 11) is 2.20. The summed E-state index contributed by atoms with van der Waals surface area (Å²) in [5, 5.41) is 0.995. The number of aryl methyl sites for hydroxylation is 1. The number of halogens is 1. The van der Waals surface area contributed by atoms with Crippen LogP contribution in [0.4, 0.5) is 0 Å². The van der Waals surface area contributed by atoms with Crippen molar-refractivity contribution in [3.05, 3.63) is 71.3 Å². The Labute approximate surface area is 130 Å². The molecule has 0 aliphatic heterocycles. The van der Waals surface area contributed by atoms with Crippen molar-refractivity contribution >= 4 is 15.9 Å². The third kappa shape index (κ3) is 4.46. The maximum Gasteiger partial charge on any atom is 0.0231 e. The Morgan fingerprint density at radius 2 is 1.80 bits per heavy atom. The van der Waals surface area contributed by atoms with E-state index in [1.807, 2.05) is 0 Å². The molecule has 0 saturated heterocycles. The van der Waals surface area contributed by atoms with E-state index in [-0.39, 0.29) is 0 Å². The first-order valence-electron chi connectivity index (χ1n) is 7.04. The van der Waals surface area contributed by atoms with Gasteiger partial charge in [-0.3, -0.25) is 0 Å². The number of benzene rings is 2. The van der Waals surface area contributed by atoms with Crippen molar-refractivity contribution in [1.29, 1.82) is 0 Å². The van der Waals surface area contributed by atoms with Gasteiger partial charge in [-0.1, -0.05) is 76.1 Å². The molecule has 2 heteroatoms. The van der Waals surface area contributed by atoms with Crippen molar-refractivity contribution < 1.29 is 0 Å². The quantitative estimate of drug-likeness (QED) is 0.699. The summed E-state index contributed by atoms with van der Waals surface area (Å²) in [6, 6.07) is 19.5. The van der Waals surface area contributed by atoms with E-state index in [2.05, 4.69) is 89.4 Å². The Hall–Kier alpha value is -1.12. The molecule has 1 unspecified atom stereocenters. The molecule has 0 radical (unpaired) electrons. The lowest BCUT2D eigenvalue weighted by Crippen LogP contribution is -2.25. The lowest BCUT2D eigenvalue weighted by Gasteiger charge is -2.23. The maximum atomic E-state index is 3.65. The lowest BCUT2D eigenvalue weighted by molar-refractivity contribution is 0.311. The lowest BCUT2D eigenvalue weighted by atomic mass is 10.0. The monoisotopic (exact) mass is 331 g/mol. The minimum Gasteiger partial charge on any atom is -0.301 e. The second-order valence-corrected chi connectivity index (χ2v) is 6.10. The van der Waals surface area contributed by atoms with E-state index in [1.54, 1.807) is 0 Å². The molecule has 0 spiro atoms. The SMILES string of the molecule is Cc1cccc(CN(C)CC(CBr)c2ccccc2)c1. The summed E-state index contributed by atoms with van der Waals surface area (Å²) >= 11 is 3.65. The number of rotatable bonds is 6. The molecule has 0 N–H and O–H groups in total. The normalized spacial score (nSPS) is 12.6. The van der Waals surface area contributed by atoms with Gasteiger partial charge in [-0.05, 0) is 25.1 Å². The molecule has 2 aromatic carbocycles. The fourth-order valence-corrected chi connectivity index (χ4v) is 3.11. The molecule has 0 aliphatic carbocycles. The molecule has 20 heavy (non-hydrogen) atoms. The summed E-state index contributed by atoms with van der Waals surface area (Å²) in [4.78, 5) is 2.40. The van der Waals surface area contributed by atoms with Crippen LogP contribution in [0.15, 0.2) is 54.6 Å². The van der Waals surface area contributed by atoms with Gasteiger partial charge in [0.15, 0.2) is 0 Å². The highest BCUT2D eigenvalue weighted by molar-refractivity contribution is 9.09. The number of hydrogen-bond acceptors (Lipinski definition) is 1. The highest BCUT2D eigenvalue weighted by Crippen LogP contribution is 2.20. The van der Waals surface area contributed by atoms with Gasteiger partial charge in [-0.15, -0.1) is 0 Å². The van der Waals surface area contributed by atoms with Gasteiger partial charge >= 0.3 is 0 Å². The Balaban J connectivity index is 1.97. The Bertz CT molecular complexity index is 524. The second-order valence-electron chi connectivity index (χ2n) is 5.45. The maximum absolute atomic E-state index is 3.65. The first-order valence-corrected chi connectivity index (χ1v) is 8.16. The summed E-state index contributed by atoms with van der Waals surface area (Å²) < 4.78 is 0. The van der Waals surface area contributed by atoms with Gasteiger partial charge < -0.3 is 4.90 Å². The van der Waals surface area contributed by atoms with Crippen molar-refractivity contribution in [3.63, 3.8) is 0 Å². The Kier molecular flexibility index (Phi) is 5.81. The van der Waals surface area contributed by atoms with Gasteiger partial charge in [0.25, 0.3) is 0 Å². The number of hydrogen-bond donors (Lipinski definition) is 0. The fourth-order valence-electron chi connectivity index (χ4n) is 2.53. The number of alkyl halides is 1. The van der Waals surface area contributed by atoms with Crippen molar-refractivity contribution in [1.82, 2.24) is 4.90 Å². The third-order valence-electron chi connectivity index (χ3n) is 3.52. The van der Waals surface area contributed by atoms with Crippen LogP contribution < -0.4 is 0 Å². The molecule has 0 heterocycles. The number of likely N-dealkylation sites (N-methyl/N-ethyl adjacent to an activating group) is 1. The van der Waals surface area contributed by atoms with Gasteiger partial charge in [0.05, 0.1) is 0 Å². The van der Waals surface area contributed by atoms with E-state index in [9.17, 15) is 0 Å². The summed E-state index contributed by atoms with van der Waals surface area (Å²) in [6.45, 7) is 4.20. The number of nitrogens with zero attached hydrogens (tertiary/aromatic N) is 1. The van der Waals surface area contributed by atoms with Crippen molar-refractivity contribution in [2.45, 2.75) is 19.4 Å². The molecule has 0 fully saturated rings. The minimum atomic E-state index is 0.533. The highest BCUT2D eigenvalue weighted by atomic mass is 79.9. The molecule has 106 valence electrons. The zero-order valence-corrected chi connectivity index (χ0v) is 13.8. The molecule has 0 aromatic heterocycles. The first kappa shape index (κ1) is 15.3. The van der Waals surface area contributed by atoms with Gasteiger partial charge in [0.1, 0.15) is 0 Å². The van der Waals surface area contributed by atoms with E-state index in [4.69, 9.17) is 0 Å². The zero-order chi connectivity index (χ0) is 14.4. The average molecular weight is 332 g/mol. The Morgan fingerprint density at radius 3 is 2.45 bits per heavy atom. The molecule has 1 nitrogen and oxygen atoms in total. The van der Waals surface area contributed by atoms with Gasteiger partial charge in [-0.25, -0.2) is 0 Å². The molecule has 1 atom stereocenters. The van der Waals surface area contributed by atoms with Crippen LogP contribution in [0.3, 0.4) is 0 Å². The predicted molar refractivity (Wildman–Crippen MR) is 90.5 cm³/mol. The highest BCUT2D eigenvalue weighted by Gasteiger charge is 2.12. The molecular formula is C18H22BrN. The van der Waals surface area contributed by atoms with Gasteiger partial charge in [0, 0.05) is 24.3 Å². The third-order valence-corrected chi connectivity index (χ3v) is 4.31. The van der Waals surface area contributed by atoms with Crippen LogP contribution in [0.2, 0.25) is 0 Å². The molecule has 0 bridgehead atoms. The van der Waals surface area contributed by atoms with Crippen molar-refractivity contribution in [2.24, 2.45) is 0 Å². The van der Waals surface area contributed by atoms with E-state index in [1.165, 1.54) is 16.7 Å². The van der Waals surface area contributed by atoms with Crippen molar-refractivity contribution in [2.75, 3.05) is 18.9 Å². The van der Waals surface area contributed by atoms with Crippen LogP contribution in [0.25, 0.3) is 0 Å². The topological polar surface area (TPSA) is 3.24 Å². The molecular weight excluding hydrogens is 310 g/mol. The minimum absolute atomic E-state index is 0.533. The van der Waals surface area contributed by atoms with E-state index in [0.29, 0.717) is 5.92 Å². The van der Waals surface area contributed by atoms with Crippen LogP contribution in [0, 0.1) is 6.92 Å². The van der Waals surface area contributed by atoms with E-state index < -0.39 is 0 Å². The molecule has 2 rings (SSSR count). The first-order chi connectivity index (χ1) is 9.69. The van der Waals surface area contributed by atoms with Crippen LogP contribution >= 0.6 is 15.9 Å².